The summed E-state index contributed by atoms with van der Waals surface area (Å²) in [5.74, 6) is 1.07. The Balaban J connectivity index is 2.18. The Bertz CT molecular complexity index is 337. The second-order valence-electron chi connectivity index (χ2n) is 4.52. The highest BCUT2D eigenvalue weighted by Crippen LogP contribution is 2.35. The van der Waals surface area contributed by atoms with Crippen LogP contribution in [0.4, 0.5) is 0 Å². The van der Waals surface area contributed by atoms with Crippen LogP contribution in [0.2, 0.25) is 0 Å². The predicted octanol–water partition coefficient (Wildman–Crippen LogP) is 3.24. The van der Waals surface area contributed by atoms with Crippen molar-refractivity contribution in [2.24, 2.45) is 0 Å². The van der Waals surface area contributed by atoms with Crippen LogP contribution in [0.5, 0.6) is 5.75 Å². The van der Waals surface area contributed by atoms with Gasteiger partial charge in [0, 0.05) is 11.6 Å². The fourth-order valence-corrected chi connectivity index (χ4v) is 2.40. The van der Waals surface area contributed by atoms with E-state index in [1.807, 2.05) is 0 Å². The summed E-state index contributed by atoms with van der Waals surface area (Å²) >= 11 is 0. The number of para-hydroxylation sites is 1. The zero-order valence-electron chi connectivity index (χ0n) is 10.3. The van der Waals surface area contributed by atoms with E-state index in [-0.39, 0.29) is 0 Å². The maximum atomic E-state index is 5.82. The highest BCUT2D eigenvalue weighted by atomic mass is 16.5. The lowest BCUT2D eigenvalue weighted by atomic mass is 10.0. The smallest absolute Gasteiger partial charge is 0.124 e. The lowest BCUT2D eigenvalue weighted by molar-refractivity contribution is 0.283. The molecule has 1 heterocycles. The van der Waals surface area contributed by atoms with Gasteiger partial charge in [-0.25, -0.2) is 0 Å². The first-order chi connectivity index (χ1) is 7.83. The molecular weight excluding hydrogens is 198 g/mol. The van der Waals surface area contributed by atoms with Crippen molar-refractivity contribution < 1.29 is 4.74 Å². The van der Waals surface area contributed by atoms with E-state index in [9.17, 15) is 0 Å². The lowest BCUT2D eigenvalue weighted by Gasteiger charge is -2.22. The summed E-state index contributed by atoms with van der Waals surface area (Å²) in [5.41, 5.74) is 1.36. The van der Waals surface area contributed by atoms with Gasteiger partial charge < -0.3 is 4.74 Å². The van der Waals surface area contributed by atoms with E-state index in [4.69, 9.17) is 4.74 Å². The fraction of sp³-hybridized carbons (Fsp3) is 0.571. The van der Waals surface area contributed by atoms with Crippen LogP contribution in [0.3, 0.4) is 0 Å². The largest absolute Gasteiger partial charge is 0.493 e. The van der Waals surface area contributed by atoms with E-state index in [0.29, 0.717) is 6.04 Å². The highest BCUT2D eigenvalue weighted by molar-refractivity contribution is 5.36. The summed E-state index contributed by atoms with van der Waals surface area (Å²) in [5, 5.41) is 0. The van der Waals surface area contributed by atoms with Crippen LogP contribution in [0, 0.1) is 0 Å². The van der Waals surface area contributed by atoms with Crippen molar-refractivity contribution in [3.05, 3.63) is 29.8 Å². The average Bonchev–Trinajstić information content (AvgIpc) is 2.73. The van der Waals surface area contributed by atoms with Crippen LogP contribution in [0.25, 0.3) is 0 Å². The molecule has 88 valence electrons. The average molecular weight is 219 g/mol. The molecule has 0 radical (unpaired) electrons. The second kappa shape index (κ2) is 5.35. The lowest BCUT2D eigenvalue weighted by Crippen LogP contribution is -2.18. The predicted molar refractivity (Wildman–Crippen MR) is 66.8 cm³/mol. The maximum absolute atomic E-state index is 5.82. The molecule has 1 unspecified atom stereocenters. The molecule has 0 amide bonds. The topological polar surface area (TPSA) is 12.5 Å². The summed E-state index contributed by atoms with van der Waals surface area (Å²) in [6.45, 7) is 4.16. The van der Waals surface area contributed by atoms with Gasteiger partial charge in [-0.05, 0) is 38.9 Å². The molecule has 1 aromatic carbocycles. The van der Waals surface area contributed by atoms with Gasteiger partial charge in [0.15, 0.2) is 0 Å². The number of hydrogen-bond acceptors (Lipinski definition) is 2. The minimum absolute atomic E-state index is 0.549. The monoisotopic (exact) mass is 219 g/mol. The Labute approximate surface area is 98.2 Å². The Morgan fingerprint density at radius 3 is 2.88 bits per heavy atom. The van der Waals surface area contributed by atoms with E-state index < -0.39 is 0 Å². The van der Waals surface area contributed by atoms with Gasteiger partial charge in [0.2, 0.25) is 0 Å². The number of rotatable bonds is 4. The molecule has 2 rings (SSSR count). The number of ether oxygens (including phenoxy) is 1. The number of hydrogen-bond donors (Lipinski definition) is 0. The second-order valence-corrected chi connectivity index (χ2v) is 4.52. The molecule has 0 aliphatic carbocycles. The van der Waals surface area contributed by atoms with Crippen LogP contribution < -0.4 is 4.74 Å². The van der Waals surface area contributed by atoms with E-state index in [2.05, 4.69) is 43.1 Å². The van der Waals surface area contributed by atoms with Gasteiger partial charge in [0.1, 0.15) is 5.75 Å². The van der Waals surface area contributed by atoms with E-state index >= 15 is 0 Å². The van der Waals surface area contributed by atoms with E-state index in [1.165, 1.54) is 24.9 Å². The van der Waals surface area contributed by atoms with Crippen LogP contribution in [0.15, 0.2) is 24.3 Å². The van der Waals surface area contributed by atoms with Crippen molar-refractivity contribution in [1.29, 1.82) is 0 Å². The van der Waals surface area contributed by atoms with Crippen molar-refractivity contribution in [3.63, 3.8) is 0 Å². The summed E-state index contributed by atoms with van der Waals surface area (Å²) < 4.78 is 5.82. The van der Waals surface area contributed by atoms with E-state index in [1.54, 1.807) is 0 Å². The van der Waals surface area contributed by atoms with Gasteiger partial charge in [-0.2, -0.15) is 0 Å². The third kappa shape index (κ3) is 2.38. The summed E-state index contributed by atoms with van der Waals surface area (Å²) in [4.78, 5) is 2.42. The number of likely N-dealkylation sites (tertiary alicyclic amines) is 1. The molecule has 0 spiro atoms. The van der Waals surface area contributed by atoms with Gasteiger partial charge in [-0.1, -0.05) is 25.1 Å². The molecule has 1 aliphatic rings. The maximum Gasteiger partial charge on any atom is 0.124 e. The zero-order chi connectivity index (χ0) is 11.4. The molecule has 16 heavy (non-hydrogen) atoms. The molecule has 0 N–H and O–H groups in total. The number of benzene rings is 1. The highest BCUT2D eigenvalue weighted by Gasteiger charge is 2.24. The summed E-state index contributed by atoms with van der Waals surface area (Å²) in [6.07, 6.45) is 3.61. The third-order valence-corrected chi connectivity index (χ3v) is 3.26. The Hall–Kier alpha value is -1.02. The van der Waals surface area contributed by atoms with Crippen molar-refractivity contribution >= 4 is 0 Å². The fourth-order valence-electron chi connectivity index (χ4n) is 2.40. The van der Waals surface area contributed by atoms with Crippen molar-refractivity contribution in [2.45, 2.75) is 32.2 Å². The van der Waals surface area contributed by atoms with Crippen molar-refractivity contribution in [3.8, 4) is 5.75 Å². The third-order valence-electron chi connectivity index (χ3n) is 3.26. The molecule has 1 fully saturated rings. The summed E-state index contributed by atoms with van der Waals surface area (Å²) in [6, 6.07) is 9.02. The normalized spacial score (nSPS) is 21.2. The molecule has 0 bridgehead atoms. The molecule has 0 saturated carbocycles. The van der Waals surface area contributed by atoms with Crippen molar-refractivity contribution in [1.82, 2.24) is 4.90 Å². The van der Waals surface area contributed by atoms with Crippen LogP contribution in [-0.4, -0.2) is 25.1 Å². The van der Waals surface area contributed by atoms with Gasteiger partial charge >= 0.3 is 0 Å². The standard InChI is InChI=1S/C14H21NO/c1-3-11-16-14-9-5-4-7-12(14)13-8-6-10-15(13)2/h4-5,7,9,13H,3,6,8,10-11H2,1-2H3. The summed E-state index contributed by atoms with van der Waals surface area (Å²) in [7, 11) is 2.20. The minimum Gasteiger partial charge on any atom is -0.493 e. The van der Waals surface area contributed by atoms with Crippen molar-refractivity contribution in [2.75, 3.05) is 20.2 Å². The molecule has 1 atom stereocenters. The molecule has 2 nitrogen and oxygen atoms in total. The Morgan fingerprint density at radius 1 is 1.38 bits per heavy atom. The first kappa shape index (κ1) is 11.5. The number of nitrogens with zero attached hydrogens (tertiary/aromatic N) is 1. The SMILES string of the molecule is CCCOc1ccccc1C1CCCN1C. The Kier molecular flexibility index (Phi) is 3.83. The molecular formula is C14H21NO. The van der Waals surface area contributed by atoms with Gasteiger partial charge in [-0.3, -0.25) is 4.90 Å². The van der Waals surface area contributed by atoms with Gasteiger partial charge in [-0.15, -0.1) is 0 Å². The Morgan fingerprint density at radius 2 is 2.19 bits per heavy atom. The molecule has 1 saturated heterocycles. The first-order valence-electron chi connectivity index (χ1n) is 6.25. The molecule has 2 heteroatoms. The van der Waals surface area contributed by atoms with Crippen LogP contribution in [-0.2, 0) is 0 Å². The first-order valence-corrected chi connectivity index (χ1v) is 6.25. The zero-order valence-corrected chi connectivity index (χ0v) is 10.3. The van der Waals surface area contributed by atoms with E-state index in [0.717, 1.165) is 18.8 Å². The van der Waals surface area contributed by atoms with Crippen LogP contribution in [0.1, 0.15) is 37.8 Å². The molecule has 1 aromatic rings. The van der Waals surface area contributed by atoms with Gasteiger partial charge in [0.05, 0.1) is 6.61 Å². The van der Waals surface area contributed by atoms with Gasteiger partial charge in [0.25, 0.3) is 0 Å². The van der Waals surface area contributed by atoms with Crippen LogP contribution >= 0.6 is 0 Å². The quantitative estimate of drug-likeness (QED) is 0.770. The minimum atomic E-state index is 0.549. The molecule has 1 aliphatic heterocycles. The molecule has 0 aromatic heterocycles.